The van der Waals surface area contributed by atoms with E-state index in [1.807, 2.05) is 24.3 Å². The van der Waals surface area contributed by atoms with Crippen LogP contribution in [-0.4, -0.2) is 41.3 Å². The first-order valence-electron chi connectivity index (χ1n) is 6.86. The highest BCUT2D eigenvalue weighted by Crippen LogP contribution is 2.26. The van der Waals surface area contributed by atoms with Gasteiger partial charge >= 0.3 is 0 Å². The summed E-state index contributed by atoms with van der Waals surface area (Å²) in [6, 6.07) is 7.92. The standard InChI is InChI=1S/C14H18N4OS/c15-14-17-16-13(20-14)11-3-5-12(6-4-11)19-10-9-18-7-1-2-8-18/h3-6H,1-2,7-10H2,(H2,15,17). The largest absolute Gasteiger partial charge is 0.492 e. The first-order chi connectivity index (χ1) is 9.81. The van der Waals surface area contributed by atoms with Gasteiger partial charge in [0.05, 0.1) is 0 Å². The highest BCUT2D eigenvalue weighted by atomic mass is 32.1. The average molecular weight is 290 g/mol. The Balaban J connectivity index is 1.53. The van der Waals surface area contributed by atoms with Gasteiger partial charge in [-0.3, -0.25) is 4.90 Å². The molecule has 0 saturated carbocycles. The molecule has 20 heavy (non-hydrogen) atoms. The van der Waals surface area contributed by atoms with Crippen molar-refractivity contribution in [3.8, 4) is 16.3 Å². The van der Waals surface area contributed by atoms with Crippen LogP contribution in [0.2, 0.25) is 0 Å². The number of aromatic nitrogens is 2. The van der Waals surface area contributed by atoms with E-state index in [4.69, 9.17) is 10.5 Å². The lowest BCUT2D eigenvalue weighted by Crippen LogP contribution is -2.25. The molecule has 2 heterocycles. The summed E-state index contributed by atoms with van der Waals surface area (Å²) in [5.74, 6) is 0.894. The maximum Gasteiger partial charge on any atom is 0.203 e. The molecule has 2 aromatic rings. The molecular formula is C14H18N4OS. The van der Waals surface area contributed by atoms with Gasteiger partial charge in [-0.15, -0.1) is 10.2 Å². The fourth-order valence-electron chi connectivity index (χ4n) is 2.34. The van der Waals surface area contributed by atoms with E-state index >= 15 is 0 Å². The van der Waals surface area contributed by atoms with E-state index in [0.717, 1.165) is 29.5 Å². The van der Waals surface area contributed by atoms with E-state index in [1.54, 1.807) is 0 Å². The topological polar surface area (TPSA) is 64.3 Å². The van der Waals surface area contributed by atoms with Crippen LogP contribution in [0, 0.1) is 0 Å². The second kappa shape index (κ2) is 6.19. The predicted molar refractivity (Wildman–Crippen MR) is 80.9 cm³/mol. The number of anilines is 1. The Labute approximate surface area is 122 Å². The predicted octanol–water partition coefficient (Wildman–Crippen LogP) is 2.26. The molecule has 1 aliphatic rings. The fourth-order valence-corrected chi connectivity index (χ4v) is 2.96. The fraction of sp³-hybridized carbons (Fsp3) is 0.429. The molecule has 2 N–H and O–H groups in total. The van der Waals surface area contributed by atoms with Crippen LogP contribution in [0.3, 0.4) is 0 Å². The van der Waals surface area contributed by atoms with E-state index < -0.39 is 0 Å². The molecule has 0 radical (unpaired) electrons. The summed E-state index contributed by atoms with van der Waals surface area (Å²) in [5, 5.41) is 9.18. The molecule has 0 aliphatic carbocycles. The molecule has 0 bridgehead atoms. The highest BCUT2D eigenvalue weighted by Gasteiger charge is 2.10. The van der Waals surface area contributed by atoms with Crippen molar-refractivity contribution < 1.29 is 4.74 Å². The van der Waals surface area contributed by atoms with Crippen LogP contribution < -0.4 is 10.5 Å². The third-order valence-electron chi connectivity index (χ3n) is 3.42. The van der Waals surface area contributed by atoms with Crippen LogP contribution in [-0.2, 0) is 0 Å². The molecule has 1 aromatic heterocycles. The molecule has 1 aromatic carbocycles. The summed E-state index contributed by atoms with van der Waals surface area (Å²) in [6.45, 7) is 4.17. The second-order valence-electron chi connectivity index (χ2n) is 4.87. The van der Waals surface area contributed by atoms with Crippen molar-refractivity contribution in [2.45, 2.75) is 12.8 Å². The van der Waals surface area contributed by atoms with Gasteiger partial charge in [-0.1, -0.05) is 11.3 Å². The summed E-state index contributed by atoms with van der Waals surface area (Å²) in [7, 11) is 0. The second-order valence-corrected chi connectivity index (χ2v) is 5.88. The van der Waals surface area contributed by atoms with Gasteiger partial charge in [0.2, 0.25) is 5.13 Å². The normalized spacial score (nSPS) is 15.6. The van der Waals surface area contributed by atoms with Crippen molar-refractivity contribution in [2.75, 3.05) is 32.0 Å². The summed E-state index contributed by atoms with van der Waals surface area (Å²) in [4.78, 5) is 2.44. The quantitative estimate of drug-likeness (QED) is 0.915. The maximum atomic E-state index is 5.77. The summed E-state index contributed by atoms with van der Waals surface area (Å²) < 4.78 is 5.77. The van der Waals surface area contributed by atoms with Crippen molar-refractivity contribution in [1.29, 1.82) is 0 Å². The van der Waals surface area contributed by atoms with Gasteiger partial charge in [0.15, 0.2) is 0 Å². The summed E-state index contributed by atoms with van der Waals surface area (Å²) >= 11 is 1.39. The van der Waals surface area contributed by atoms with E-state index in [2.05, 4.69) is 15.1 Å². The van der Waals surface area contributed by atoms with Gasteiger partial charge in [-0.2, -0.15) is 0 Å². The molecule has 0 amide bonds. The Morgan fingerprint density at radius 1 is 1.15 bits per heavy atom. The Kier molecular flexibility index (Phi) is 4.13. The maximum absolute atomic E-state index is 5.77. The number of hydrogen-bond acceptors (Lipinski definition) is 6. The molecule has 5 nitrogen and oxygen atoms in total. The molecule has 106 valence electrons. The minimum Gasteiger partial charge on any atom is -0.492 e. The monoisotopic (exact) mass is 290 g/mol. The van der Waals surface area contributed by atoms with Crippen LogP contribution in [0.1, 0.15) is 12.8 Å². The van der Waals surface area contributed by atoms with E-state index in [0.29, 0.717) is 5.13 Å². The van der Waals surface area contributed by atoms with Crippen molar-refractivity contribution >= 4 is 16.5 Å². The number of ether oxygens (including phenoxy) is 1. The Hall–Kier alpha value is -1.66. The number of hydrogen-bond donors (Lipinski definition) is 1. The minimum absolute atomic E-state index is 0.492. The zero-order valence-corrected chi connectivity index (χ0v) is 12.1. The van der Waals surface area contributed by atoms with Gasteiger partial charge in [0.25, 0.3) is 0 Å². The zero-order chi connectivity index (χ0) is 13.8. The third-order valence-corrected chi connectivity index (χ3v) is 4.22. The summed E-state index contributed by atoms with van der Waals surface area (Å²) in [5.41, 5.74) is 6.61. The number of rotatable bonds is 5. The molecule has 1 saturated heterocycles. The average Bonchev–Trinajstić information content (AvgIpc) is 3.11. The zero-order valence-electron chi connectivity index (χ0n) is 11.3. The summed E-state index contributed by atoms with van der Waals surface area (Å²) in [6.07, 6.45) is 2.64. The lowest BCUT2D eigenvalue weighted by atomic mass is 10.2. The minimum atomic E-state index is 0.492. The van der Waals surface area contributed by atoms with Crippen LogP contribution >= 0.6 is 11.3 Å². The molecule has 1 fully saturated rings. The number of likely N-dealkylation sites (tertiary alicyclic amines) is 1. The first kappa shape index (κ1) is 13.3. The van der Waals surface area contributed by atoms with Gasteiger partial charge in [-0.05, 0) is 50.2 Å². The van der Waals surface area contributed by atoms with Crippen molar-refractivity contribution in [1.82, 2.24) is 15.1 Å². The first-order valence-corrected chi connectivity index (χ1v) is 7.67. The number of nitrogens with zero attached hydrogens (tertiary/aromatic N) is 3. The van der Waals surface area contributed by atoms with Crippen molar-refractivity contribution in [3.05, 3.63) is 24.3 Å². The lowest BCUT2D eigenvalue weighted by molar-refractivity contribution is 0.238. The SMILES string of the molecule is Nc1nnc(-c2ccc(OCCN3CCCC3)cc2)s1. The molecule has 0 spiro atoms. The number of nitrogens with two attached hydrogens (primary N) is 1. The van der Waals surface area contributed by atoms with Gasteiger partial charge < -0.3 is 10.5 Å². The van der Waals surface area contributed by atoms with Gasteiger partial charge in [0, 0.05) is 12.1 Å². The molecule has 0 unspecified atom stereocenters. The van der Waals surface area contributed by atoms with E-state index in [9.17, 15) is 0 Å². The smallest absolute Gasteiger partial charge is 0.203 e. The van der Waals surface area contributed by atoms with Crippen LogP contribution in [0.15, 0.2) is 24.3 Å². The van der Waals surface area contributed by atoms with Crippen LogP contribution in [0.4, 0.5) is 5.13 Å². The molecule has 6 heteroatoms. The Bertz CT molecular complexity index is 549. The van der Waals surface area contributed by atoms with Crippen LogP contribution in [0.25, 0.3) is 10.6 Å². The number of nitrogen functional groups attached to an aromatic ring is 1. The number of benzene rings is 1. The molecule has 3 rings (SSSR count). The highest BCUT2D eigenvalue weighted by molar-refractivity contribution is 7.18. The molecule has 0 atom stereocenters. The van der Waals surface area contributed by atoms with Crippen molar-refractivity contribution in [3.63, 3.8) is 0 Å². The van der Waals surface area contributed by atoms with Crippen LogP contribution in [0.5, 0.6) is 5.75 Å². The Morgan fingerprint density at radius 2 is 1.90 bits per heavy atom. The van der Waals surface area contributed by atoms with Gasteiger partial charge in [-0.25, -0.2) is 0 Å². The molecular weight excluding hydrogens is 272 g/mol. The Morgan fingerprint density at radius 3 is 2.55 bits per heavy atom. The lowest BCUT2D eigenvalue weighted by Gasteiger charge is -2.14. The molecule has 1 aliphatic heterocycles. The van der Waals surface area contributed by atoms with Crippen molar-refractivity contribution in [2.24, 2.45) is 0 Å². The third kappa shape index (κ3) is 3.26. The van der Waals surface area contributed by atoms with Gasteiger partial charge in [0.1, 0.15) is 17.4 Å². The van der Waals surface area contributed by atoms with E-state index in [1.165, 1.54) is 37.3 Å². The van der Waals surface area contributed by atoms with E-state index in [-0.39, 0.29) is 0 Å².